The van der Waals surface area contributed by atoms with Crippen molar-refractivity contribution in [3.63, 3.8) is 0 Å². The highest BCUT2D eigenvalue weighted by atomic mass is 35.5. The number of methoxy groups -OCH3 is 1. The van der Waals surface area contributed by atoms with E-state index < -0.39 is 5.82 Å². The number of piperidine rings is 1. The van der Waals surface area contributed by atoms with Crippen LogP contribution in [0.25, 0.3) is 0 Å². The second-order valence-corrected chi connectivity index (χ2v) is 6.04. The summed E-state index contributed by atoms with van der Waals surface area (Å²) in [5, 5.41) is 2.89. The fourth-order valence-electron chi connectivity index (χ4n) is 2.63. The van der Waals surface area contributed by atoms with Crippen molar-refractivity contribution in [2.24, 2.45) is 5.92 Å². The van der Waals surface area contributed by atoms with E-state index in [2.05, 4.69) is 5.32 Å². The van der Waals surface area contributed by atoms with Crippen LogP contribution < -0.4 is 5.32 Å². The molecule has 1 N–H and O–H groups in total. The van der Waals surface area contributed by atoms with Gasteiger partial charge >= 0.3 is 12.0 Å². The summed E-state index contributed by atoms with van der Waals surface area (Å²) >= 11 is 5.76. The molecule has 126 valence electrons. The van der Waals surface area contributed by atoms with Crippen LogP contribution in [-0.2, 0) is 9.53 Å². The number of rotatable bonds is 3. The van der Waals surface area contributed by atoms with E-state index >= 15 is 0 Å². The molecule has 0 bridgehead atoms. The number of ether oxygens (including phenoxy) is 1. The van der Waals surface area contributed by atoms with Crippen LogP contribution in [0, 0.1) is 11.7 Å². The van der Waals surface area contributed by atoms with Crippen molar-refractivity contribution < 1.29 is 18.7 Å². The summed E-state index contributed by atoms with van der Waals surface area (Å²) in [6.45, 7) is 2.81. The molecule has 1 atom stereocenters. The summed E-state index contributed by atoms with van der Waals surface area (Å²) in [5.74, 6) is -0.851. The lowest BCUT2D eigenvalue weighted by Gasteiger charge is -2.31. The fourth-order valence-corrected chi connectivity index (χ4v) is 2.82. The van der Waals surface area contributed by atoms with Crippen molar-refractivity contribution in [3.8, 4) is 0 Å². The van der Waals surface area contributed by atoms with Crippen molar-refractivity contribution in [2.75, 3.05) is 20.2 Å². The molecular weight excluding hydrogens is 323 g/mol. The molecule has 1 heterocycles. The van der Waals surface area contributed by atoms with Gasteiger partial charge in [-0.3, -0.25) is 4.79 Å². The van der Waals surface area contributed by atoms with Gasteiger partial charge < -0.3 is 15.0 Å². The number of benzene rings is 1. The summed E-state index contributed by atoms with van der Waals surface area (Å²) in [5.41, 5.74) is 0.731. The Morgan fingerprint density at radius 3 is 2.61 bits per heavy atom. The maximum atomic E-state index is 13.2. The lowest BCUT2D eigenvalue weighted by Crippen LogP contribution is -2.46. The van der Waals surface area contributed by atoms with Crippen LogP contribution in [0.5, 0.6) is 0 Å². The number of urea groups is 1. The van der Waals surface area contributed by atoms with Crippen molar-refractivity contribution in [1.82, 2.24) is 10.2 Å². The topological polar surface area (TPSA) is 58.6 Å². The minimum atomic E-state index is -0.487. The first-order valence-electron chi connectivity index (χ1n) is 7.50. The molecule has 1 aliphatic rings. The third-order valence-electron chi connectivity index (χ3n) is 4.10. The normalized spacial score (nSPS) is 16.8. The number of carbonyl (C=O) groups excluding carboxylic acids is 2. The SMILES string of the molecule is COC(=O)C1CCN(C(=O)NC(C)c2ccc(F)c(Cl)c2)CC1. The molecule has 2 rings (SSSR count). The average molecular weight is 343 g/mol. The smallest absolute Gasteiger partial charge is 0.317 e. The molecular formula is C16H20ClFN2O3. The van der Waals surface area contributed by atoms with E-state index in [-0.39, 0.29) is 29.0 Å². The quantitative estimate of drug-likeness (QED) is 0.858. The van der Waals surface area contributed by atoms with E-state index in [9.17, 15) is 14.0 Å². The van der Waals surface area contributed by atoms with E-state index in [0.717, 1.165) is 5.56 Å². The lowest BCUT2D eigenvalue weighted by molar-refractivity contribution is -0.146. The van der Waals surface area contributed by atoms with Gasteiger partial charge in [0.05, 0.1) is 24.1 Å². The van der Waals surface area contributed by atoms with Gasteiger partial charge in [-0.2, -0.15) is 0 Å². The maximum Gasteiger partial charge on any atom is 0.317 e. The van der Waals surface area contributed by atoms with E-state index in [0.29, 0.717) is 25.9 Å². The highest BCUT2D eigenvalue weighted by Gasteiger charge is 2.28. The van der Waals surface area contributed by atoms with Gasteiger partial charge in [0.2, 0.25) is 0 Å². The first-order chi connectivity index (χ1) is 10.9. The van der Waals surface area contributed by atoms with Crippen molar-refractivity contribution in [1.29, 1.82) is 0 Å². The molecule has 1 aliphatic heterocycles. The number of esters is 1. The number of hydrogen-bond acceptors (Lipinski definition) is 3. The zero-order valence-electron chi connectivity index (χ0n) is 13.1. The van der Waals surface area contributed by atoms with Crippen LogP contribution in [0.1, 0.15) is 31.4 Å². The number of nitrogens with one attached hydrogen (secondary N) is 1. The molecule has 0 radical (unpaired) electrons. The highest BCUT2D eigenvalue weighted by Crippen LogP contribution is 2.22. The molecule has 7 heteroatoms. The molecule has 23 heavy (non-hydrogen) atoms. The van der Waals surface area contributed by atoms with Gasteiger partial charge in [0.1, 0.15) is 5.82 Å². The number of carbonyl (C=O) groups is 2. The second-order valence-electron chi connectivity index (χ2n) is 5.63. The van der Waals surface area contributed by atoms with Gasteiger partial charge in [-0.1, -0.05) is 17.7 Å². The second kappa shape index (κ2) is 7.64. The van der Waals surface area contributed by atoms with Crippen LogP contribution >= 0.6 is 11.6 Å². The third-order valence-corrected chi connectivity index (χ3v) is 4.39. The van der Waals surface area contributed by atoms with Crippen LogP contribution in [0.15, 0.2) is 18.2 Å². The van der Waals surface area contributed by atoms with Gasteiger partial charge in [-0.25, -0.2) is 9.18 Å². The minimum absolute atomic E-state index is 0.0301. The summed E-state index contributed by atoms with van der Waals surface area (Å²) in [7, 11) is 1.37. The summed E-state index contributed by atoms with van der Waals surface area (Å²) in [6, 6.07) is 3.88. The average Bonchev–Trinajstić information content (AvgIpc) is 2.56. The molecule has 0 aliphatic carbocycles. The molecule has 0 aromatic heterocycles. The van der Waals surface area contributed by atoms with Gasteiger partial charge in [-0.15, -0.1) is 0 Å². The predicted octanol–water partition coefficient (Wildman–Crippen LogP) is 3.13. The van der Waals surface area contributed by atoms with Crippen LogP contribution in [0.2, 0.25) is 5.02 Å². The number of nitrogens with zero attached hydrogens (tertiary/aromatic N) is 1. The molecule has 2 amide bonds. The van der Waals surface area contributed by atoms with Crippen molar-refractivity contribution in [3.05, 3.63) is 34.6 Å². The molecule has 1 unspecified atom stereocenters. The van der Waals surface area contributed by atoms with E-state index in [1.807, 2.05) is 6.92 Å². The van der Waals surface area contributed by atoms with Gasteiger partial charge in [0.25, 0.3) is 0 Å². The Kier molecular flexibility index (Phi) is 5.82. The first-order valence-corrected chi connectivity index (χ1v) is 7.88. The summed E-state index contributed by atoms with van der Waals surface area (Å²) < 4.78 is 17.9. The Morgan fingerprint density at radius 2 is 2.04 bits per heavy atom. The Labute approximate surface area is 139 Å². The molecule has 1 aromatic carbocycles. The monoisotopic (exact) mass is 342 g/mol. The van der Waals surface area contributed by atoms with E-state index in [1.165, 1.54) is 19.2 Å². The van der Waals surface area contributed by atoms with Gasteiger partial charge in [0, 0.05) is 13.1 Å². The van der Waals surface area contributed by atoms with Crippen LogP contribution in [0.4, 0.5) is 9.18 Å². The molecule has 1 fully saturated rings. The molecule has 0 saturated carbocycles. The van der Waals surface area contributed by atoms with Crippen molar-refractivity contribution in [2.45, 2.75) is 25.8 Å². The minimum Gasteiger partial charge on any atom is -0.469 e. The number of hydrogen-bond donors (Lipinski definition) is 1. The highest BCUT2D eigenvalue weighted by molar-refractivity contribution is 6.30. The molecule has 0 spiro atoms. The largest absolute Gasteiger partial charge is 0.469 e. The summed E-state index contributed by atoms with van der Waals surface area (Å²) in [6.07, 6.45) is 1.19. The predicted molar refractivity (Wildman–Crippen MR) is 84.7 cm³/mol. The fraction of sp³-hybridized carbons (Fsp3) is 0.500. The standard InChI is InChI=1S/C16H20ClFN2O3/c1-10(12-3-4-14(18)13(17)9-12)19-16(22)20-7-5-11(6-8-20)15(21)23-2/h3-4,9-11H,5-8H2,1-2H3,(H,19,22). The zero-order chi connectivity index (χ0) is 17.0. The van der Waals surface area contributed by atoms with Gasteiger partial charge in [-0.05, 0) is 37.5 Å². The first kappa shape index (κ1) is 17.5. The van der Waals surface area contributed by atoms with Crippen LogP contribution in [0.3, 0.4) is 0 Å². The Balaban J connectivity index is 1.89. The molecule has 1 saturated heterocycles. The Bertz CT molecular complexity index is 589. The number of likely N-dealkylation sites (tertiary alicyclic amines) is 1. The number of halogens is 2. The number of amides is 2. The molecule has 1 aromatic rings. The third kappa shape index (κ3) is 4.34. The maximum absolute atomic E-state index is 13.2. The van der Waals surface area contributed by atoms with Gasteiger partial charge in [0.15, 0.2) is 0 Å². The van der Waals surface area contributed by atoms with Crippen molar-refractivity contribution >= 4 is 23.6 Å². The zero-order valence-corrected chi connectivity index (χ0v) is 13.9. The Hall–Kier alpha value is -1.82. The van der Waals surface area contributed by atoms with Crippen LogP contribution in [-0.4, -0.2) is 37.1 Å². The Morgan fingerprint density at radius 1 is 1.39 bits per heavy atom. The lowest BCUT2D eigenvalue weighted by atomic mass is 9.97. The van der Waals surface area contributed by atoms with E-state index in [4.69, 9.17) is 16.3 Å². The summed E-state index contributed by atoms with van der Waals surface area (Å²) in [4.78, 5) is 25.4. The van der Waals surface area contributed by atoms with E-state index in [1.54, 1.807) is 11.0 Å². The molecule has 5 nitrogen and oxygen atoms in total.